The van der Waals surface area contributed by atoms with Crippen molar-refractivity contribution in [2.24, 2.45) is 5.73 Å². The smallest absolute Gasteiger partial charge is 0.268 e. The lowest BCUT2D eigenvalue weighted by Crippen LogP contribution is -2.44. The average molecular weight is 402 g/mol. The molecule has 2 aromatic carbocycles. The Morgan fingerprint density at radius 2 is 1.86 bits per heavy atom. The molecule has 0 radical (unpaired) electrons. The number of primary amides is 1. The van der Waals surface area contributed by atoms with Crippen LogP contribution in [0.2, 0.25) is 5.02 Å². The minimum atomic E-state index is -1.91. The van der Waals surface area contributed by atoms with Crippen LogP contribution in [0, 0.1) is 0 Å². The largest absolute Gasteiger partial charge is 0.372 e. The van der Waals surface area contributed by atoms with Crippen LogP contribution in [0.15, 0.2) is 42.5 Å². The number of carbonyl (C=O) groups excluding carboxylic acids is 2. The fourth-order valence-electron chi connectivity index (χ4n) is 3.65. The molecule has 1 heterocycles. The maximum absolute atomic E-state index is 13.4. The number of aliphatic hydroxyl groups is 1. The Morgan fingerprint density at radius 1 is 1.18 bits per heavy atom. The molecule has 0 bridgehead atoms. The lowest BCUT2D eigenvalue weighted by Gasteiger charge is -2.26. The van der Waals surface area contributed by atoms with Gasteiger partial charge in [-0.05, 0) is 31.3 Å². The molecule has 1 aliphatic heterocycles. The molecule has 3 N–H and O–H groups in total. The van der Waals surface area contributed by atoms with E-state index in [2.05, 4.69) is 18.7 Å². The fourth-order valence-corrected chi connectivity index (χ4v) is 3.92. The summed E-state index contributed by atoms with van der Waals surface area (Å²) >= 11 is 6.31. The fraction of sp³-hybridized carbons (Fsp3) is 0.333. The van der Waals surface area contributed by atoms with E-state index in [4.69, 9.17) is 17.3 Å². The molecule has 0 saturated heterocycles. The van der Waals surface area contributed by atoms with Crippen LogP contribution >= 0.6 is 11.6 Å². The predicted molar refractivity (Wildman–Crippen MR) is 110 cm³/mol. The second-order valence-corrected chi connectivity index (χ2v) is 7.18. The maximum Gasteiger partial charge on any atom is 0.268 e. The SMILES string of the molecule is CCN(CC)CCN1C(=O)C(O)(c2ccccc2Cl)c2ccc(C(N)=O)cc21. The third kappa shape index (κ3) is 3.28. The average Bonchev–Trinajstić information content (AvgIpc) is 2.90. The lowest BCUT2D eigenvalue weighted by molar-refractivity contribution is -0.132. The second-order valence-electron chi connectivity index (χ2n) is 6.77. The Kier molecular flexibility index (Phi) is 5.74. The second kappa shape index (κ2) is 7.91. The molecular formula is C21H24ClN3O3. The normalized spacial score (nSPS) is 18.6. The first-order chi connectivity index (χ1) is 13.3. The summed E-state index contributed by atoms with van der Waals surface area (Å²) in [6, 6.07) is 11.4. The van der Waals surface area contributed by atoms with Gasteiger partial charge in [-0.2, -0.15) is 0 Å². The summed E-state index contributed by atoms with van der Waals surface area (Å²) in [5.41, 5.74) is 4.99. The lowest BCUT2D eigenvalue weighted by atomic mass is 9.87. The van der Waals surface area contributed by atoms with Crippen LogP contribution in [0.4, 0.5) is 5.69 Å². The number of amides is 2. The van der Waals surface area contributed by atoms with E-state index in [1.54, 1.807) is 36.4 Å². The third-order valence-corrected chi connectivity index (χ3v) is 5.64. The van der Waals surface area contributed by atoms with Crippen LogP contribution in [-0.4, -0.2) is 48.0 Å². The van der Waals surface area contributed by atoms with Gasteiger partial charge in [0.1, 0.15) is 0 Å². The molecule has 1 unspecified atom stereocenters. The van der Waals surface area contributed by atoms with Gasteiger partial charge in [0.05, 0.1) is 5.69 Å². The number of hydrogen-bond donors (Lipinski definition) is 2. The highest BCUT2D eigenvalue weighted by Crippen LogP contribution is 2.46. The van der Waals surface area contributed by atoms with Crippen LogP contribution < -0.4 is 10.6 Å². The molecule has 148 valence electrons. The third-order valence-electron chi connectivity index (χ3n) is 5.32. The van der Waals surface area contributed by atoms with Gasteiger partial charge >= 0.3 is 0 Å². The molecule has 1 aliphatic rings. The van der Waals surface area contributed by atoms with Crippen molar-refractivity contribution >= 4 is 29.1 Å². The van der Waals surface area contributed by atoms with Crippen molar-refractivity contribution in [3.8, 4) is 0 Å². The topological polar surface area (TPSA) is 86.9 Å². The summed E-state index contributed by atoms with van der Waals surface area (Å²) in [5.74, 6) is -1.07. The van der Waals surface area contributed by atoms with Crippen LogP contribution in [0.25, 0.3) is 0 Å². The van der Waals surface area contributed by atoms with E-state index < -0.39 is 17.4 Å². The molecule has 7 heteroatoms. The van der Waals surface area contributed by atoms with Crippen LogP contribution in [0.1, 0.15) is 35.3 Å². The summed E-state index contributed by atoms with van der Waals surface area (Å²) in [7, 11) is 0. The highest BCUT2D eigenvalue weighted by atomic mass is 35.5. The highest BCUT2D eigenvalue weighted by Gasteiger charge is 2.52. The van der Waals surface area contributed by atoms with Gasteiger partial charge in [0.25, 0.3) is 5.91 Å². The Balaban J connectivity index is 2.12. The molecule has 28 heavy (non-hydrogen) atoms. The van der Waals surface area contributed by atoms with E-state index >= 15 is 0 Å². The van der Waals surface area contributed by atoms with Crippen LogP contribution in [0.3, 0.4) is 0 Å². The Labute approximate surface area is 169 Å². The van der Waals surface area contributed by atoms with E-state index in [0.29, 0.717) is 34.9 Å². The number of carbonyl (C=O) groups is 2. The standard InChI is InChI=1S/C21H24ClN3O3/c1-3-24(4-2)11-12-25-18-13-14(19(23)26)9-10-16(18)21(28,20(25)27)15-7-5-6-8-17(15)22/h5-10,13,28H,3-4,11-12H2,1-2H3,(H2,23,26). The zero-order chi connectivity index (χ0) is 20.5. The number of halogens is 1. The minimum Gasteiger partial charge on any atom is -0.372 e. The Bertz CT molecular complexity index is 914. The van der Waals surface area contributed by atoms with E-state index in [1.807, 2.05) is 0 Å². The van der Waals surface area contributed by atoms with Crippen molar-refractivity contribution in [1.82, 2.24) is 4.90 Å². The molecule has 1 atom stereocenters. The number of nitrogens with two attached hydrogens (primary N) is 1. The molecule has 2 aromatic rings. The molecule has 0 aromatic heterocycles. The zero-order valence-corrected chi connectivity index (χ0v) is 16.7. The van der Waals surface area contributed by atoms with Gasteiger partial charge in [-0.3, -0.25) is 9.59 Å². The quantitative estimate of drug-likeness (QED) is 0.745. The number of anilines is 1. The molecular weight excluding hydrogens is 378 g/mol. The Hall–Kier alpha value is -2.41. The van der Waals surface area contributed by atoms with Crippen LogP contribution in [-0.2, 0) is 10.4 Å². The first-order valence-corrected chi connectivity index (χ1v) is 9.68. The predicted octanol–water partition coefficient (Wildman–Crippen LogP) is 2.36. The zero-order valence-electron chi connectivity index (χ0n) is 16.0. The first kappa shape index (κ1) is 20.3. The molecule has 0 aliphatic carbocycles. The molecule has 6 nitrogen and oxygen atoms in total. The summed E-state index contributed by atoms with van der Waals surface area (Å²) in [6.07, 6.45) is 0. The highest BCUT2D eigenvalue weighted by molar-refractivity contribution is 6.32. The van der Waals surface area contributed by atoms with Gasteiger partial charge in [-0.25, -0.2) is 0 Å². The van der Waals surface area contributed by atoms with Crippen molar-refractivity contribution in [3.05, 3.63) is 64.2 Å². The van der Waals surface area contributed by atoms with Gasteiger partial charge in [0, 0.05) is 34.8 Å². The van der Waals surface area contributed by atoms with E-state index in [-0.39, 0.29) is 5.56 Å². The Morgan fingerprint density at radius 3 is 2.46 bits per heavy atom. The number of likely N-dealkylation sites (N-methyl/N-ethyl adjacent to an activating group) is 1. The first-order valence-electron chi connectivity index (χ1n) is 9.30. The molecule has 0 spiro atoms. The number of rotatable bonds is 7. The van der Waals surface area contributed by atoms with Gasteiger partial charge in [0.15, 0.2) is 5.60 Å². The van der Waals surface area contributed by atoms with Crippen molar-refractivity contribution in [3.63, 3.8) is 0 Å². The van der Waals surface area contributed by atoms with Crippen molar-refractivity contribution in [2.75, 3.05) is 31.1 Å². The molecule has 0 saturated carbocycles. The van der Waals surface area contributed by atoms with E-state index in [9.17, 15) is 14.7 Å². The van der Waals surface area contributed by atoms with E-state index in [1.165, 1.54) is 11.0 Å². The number of nitrogens with zero attached hydrogens (tertiary/aromatic N) is 2. The van der Waals surface area contributed by atoms with Crippen LogP contribution in [0.5, 0.6) is 0 Å². The van der Waals surface area contributed by atoms with Gasteiger partial charge < -0.3 is 20.6 Å². The monoisotopic (exact) mass is 401 g/mol. The molecule has 0 fully saturated rings. The van der Waals surface area contributed by atoms with Gasteiger partial charge in [-0.1, -0.05) is 49.7 Å². The minimum absolute atomic E-state index is 0.280. The summed E-state index contributed by atoms with van der Waals surface area (Å²) in [6.45, 7) is 6.81. The summed E-state index contributed by atoms with van der Waals surface area (Å²) in [5, 5.41) is 11.8. The number of hydrogen-bond acceptors (Lipinski definition) is 4. The van der Waals surface area contributed by atoms with E-state index in [0.717, 1.165) is 13.1 Å². The van der Waals surface area contributed by atoms with Crippen molar-refractivity contribution < 1.29 is 14.7 Å². The molecule has 2 amide bonds. The maximum atomic E-state index is 13.4. The van der Waals surface area contributed by atoms with Gasteiger partial charge in [0.2, 0.25) is 5.91 Å². The summed E-state index contributed by atoms with van der Waals surface area (Å²) in [4.78, 5) is 28.7. The van der Waals surface area contributed by atoms with Crippen molar-refractivity contribution in [1.29, 1.82) is 0 Å². The number of benzene rings is 2. The number of fused-ring (bicyclic) bond motifs is 1. The van der Waals surface area contributed by atoms with Gasteiger partial charge in [-0.15, -0.1) is 0 Å². The van der Waals surface area contributed by atoms with Crippen molar-refractivity contribution in [2.45, 2.75) is 19.4 Å². The summed E-state index contributed by atoms with van der Waals surface area (Å²) < 4.78 is 0. The molecule has 3 rings (SSSR count).